The lowest BCUT2D eigenvalue weighted by molar-refractivity contribution is 0.0951. The molecule has 3 rings (SSSR count). The maximum Gasteiger partial charge on any atom is 0.251 e. The molecule has 0 aliphatic heterocycles. The van der Waals surface area contributed by atoms with Crippen LogP contribution in [-0.4, -0.2) is 58.2 Å². The Morgan fingerprint density at radius 1 is 1.16 bits per heavy atom. The molecule has 2 heterocycles. The molecule has 0 spiro atoms. The number of nitrogens with zero attached hydrogens (tertiary/aromatic N) is 4. The van der Waals surface area contributed by atoms with E-state index in [1.165, 1.54) is 0 Å². The average Bonchev–Trinajstić information content (AvgIpc) is 3.19. The molecule has 0 radical (unpaired) electrons. The van der Waals surface area contributed by atoms with Crippen molar-refractivity contribution in [1.29, 1.82) is 0 Å². The van der Waals surface area contributed by atoms with Gasteiger partial charge in [0.1, 0.15) is 5.82 Å². The molecule has 0 atom stereocenters. The minimum Gasteiger partial charge on any atom is -0.493 e. The van der Waals surface area contributed by atoms with Crippen molar-refractivity contribution in [1.82, 2.24) is 25.1 Å². The van der Waals surface area contributed by atoms with Gasteiger partial charge >= 0.3 is 0 Å². The number of fused-ring (bicyclic) bond motifs is 1. The van der Waals surface area contributed by atoms with Crippen LogP contribution in [-0.2, 0) is 6.54 Å². The first-order valence-electron chi connectivity index (χ1n) is 10.6. The summed E-state index contributed by atoms with van der Waals surface area (Å²) in [5.74, 6) is 1.69. The van der Waals surface area contributed by atoms with E-state index in [9.17, 15) is 4.79 Å². The fourth-order valence-electron chi connectivity index (χ4n) is 3.10. The second kappa shape index (κ2) is 11.0. The van der Waals surface area contributed by atoms with Crippen LogP contribution >= 0.6 is 11.8 Å². The number of nitrogens with one attached hydrogen (secondary N) is 2. The second-order valence-corrected chi connectivity index (χ2v) is 8.92. The number of thioether (sulfide) groups is 1. The van der Waals surface area contributed by atoms with Crippen molar-refractivity contribution in [3.05, 3.63) is 30.0 Å². The predicted molar refractivity (Wildman–Crippen MR) is 127 cm³/mol. The Labute approximate surface area is 192 Å². The highest BCUT2D eigenvalue weighted by atomic mass is 32.2. The summed E-state index contributed by atoms with van der Waals surface area (Å²) in [4.78, 5) is 22.0. The number of carbonyl (C=O) groups excluding carboxylic acids is 1. The van der Waals surface area contributed by atoms with Gasteiger partial charge in [-0.25, -0.2) is 14.6 Å². The number of benzene rings is 1. The van der Waals surface area contributed by atoms with Gasteiger partial charge in [-0.1, -0.05) is 32.5 Å². The lowest BCUT2D eigenvalue weighted by Crippen LogP contribution is -2.27. The number of rotatable bonds is 11. The summed E-state index contributed by atoms with van der Waals surface area (Å²) in [7, 11) is 3.10. The van der Waals surface area contributed by atoms with Crippen molar-refractivity contribution in [2.45, 2.75) is 44.1 Å². The highest BCUT2D eigenvalue weighted by Crippen LogP contribution is 2.28. The number of ether oxygens (including phenoxy) is 2. The van der Waals surface area contributed by atoms with E-state index in [0.29, 0.717) is 40.6 Å². The zero-order valence-corrected chi connectivity index (χ0v) is 20.0. The average molecular weight is 459 g/mol. The van der Waals surface area contributed by atoms with Crippen molar-refractivity contribution in [2.24, 2.45) is 0 Å². The lowest BCUT2D eigenvalue weighted by atomic mass is 10.2. The highest BCUT2D eigenvalue weighted by Gasteiger charge is 2.15. The van der Waals surface area contributed by atoms with Gasteiger partial charge in [0, 0.05) is 23.9 Å². The van der Waals surface area contributed by atoms with E-state index >= 15 is 0 Å². The normalized spacial score (nSPS) is 11.1. The first-order chi connectivity index (χ1) is 15.5. The number of amides is 1. The number of hydrogen-bond donors (Lipinski definition) is 2. The SMILES string of the molecule is CCCNc1nc(SC(C)C)nc2c1cnn2CCNC(=O)c1ccc(OC)c(OC)c1. The maximum absolute atomic E-state index is 12.6. The molecule has 9 nitrogen and oxygen atoms in total. The van der Waals surface area contributed by atoms with Gasteiger partial charge in [0.05, 0.1) is 32.3 Å². The van der Waals surface area contributed by atoms with Crippen LogP contribution in [0.15, 0.2) is 29.6 Å². The highest BCUT2D eigenvalue weighted by molar-refractivity contribution is 7.99. The van der Waals surface area contributed by atoms with Crippen LogP contribution in [0, 0.1) is 0 Å². The van der Waals surface area contributed by atoms with Crippen LogP contribution in [0.4, 0.5) is 5.82 Å². The summed E-state index contributed by atoms with van der Waals surface area (Å²) >= 11 is 1.61. The quantitative estimate of drug-likeness (QED) is 0.332. The Morgan fingerprint density at radius 2 is 1.94 bits per heavy atom. The standard InChI is InChI=1S/C22H30N6O3S/c1-6-9-23-19-16-13-25-28(20(16)27-22(26-19)32-14(2)3)11-10-24-21(29)15-7-8-17(30-4)18(12-15)31-5/h7-8,12-14H,6,9-11H2,1-5H3,(H,24,29)(H,23,26,27). The second-order valence-electron chi connectivity index (χ2n) is 7.38. The largest absolute Gasteiger partial charge is 0.493 e. The fourth-order valence-corrected chi connectivity index (χ4v) is 3.80. The molecule has 2 aromatic heterocycles. The summed E-state index contributed by atoms with van der Waals surface area (Å²) in [6.07, 6.45) is 2.77. The molecule has 32 heavy (non-hydrogen) atoms. The van der Waals surface area contributed by atoms with E-state index in [-0.39, 0.29) is 5.91 Å². The van der Waals surface area contributed by atoms with Gasteiger partial charge in [-0.2, -0.15) is 5.10 Å². The molecule has 0 saturated heterocycles. The molecule has 0 aliphatic rings. The molecule has 0 fully saturated rings. The van der Waals surface area contributed by atoms with Crippen molar-refractivity contribution < 1.29 is 14.3 Å². The van der Waals surface area contributed by atoms with E-state index in [2.05, 4.69) is 41.5 Å². The Hall–Kier alpha value is -3.01. The number of anilines is 1. The van der Waals surface area contributed by atoms with Gasteiger partial charge in [-0.05, 0) is 24.6 Å². The van der Waals surface area contributed by atoms with Crippen molar-refractivity contribution in [2.75, 3.05) is 32.6 Å². The summed E-state index contributed by atoms with van der Waals surface area (Å²) in [6, 6.07) is 5.07. The van der Waals surface area contributed by atoms with Crippen LogP contribution < -0.4 is 20.1 Å². The fraction of sp³-hybridized carbons (Fsp3) is 0.455. The van der Waals surface area contributed by atoms with E-state index in [0.717, 1.165) is 29.8 Å². The van der Waals surface area contributed by atoms with Gasteiger partial charge in [-0.3, -0.25) is 4.79 Å². The van der Waals surface area contributed by atoms with E-state index in [1.54, 1.807) is 55.1 Å². The monoisotopic (exact) mass is 458 g/mol. The Balaban J connectivity index is 1.74. The van der Waals surface area contributed by atoms with E-state index in [1.807, 2.05) is 0 Å². The minimum atomic E-state index is -0.196. The Morgan fingerprint density at radius 3 is 2.62 bits per heavy atom. The summed E-state index contributed by atoms with van der Waals surface area (Å²) < 4.78 is 12.3. The van der Waals surface area contributed by atoms with Crippen molar-refractivity contribution >= 4 is 34.5 Å². The third-order valence-corrected chi connectivity index (χ3v) is 5.48. The zero-order chi connectivity index (χ0) is 23.1. The molecule has 3 aromatic rings. The zero-order valence-electron chi connectivity index (χ0n) is 19.1. The number of carbonyl (C=O) groups is 1. The number of aromatic nitrogens is 4. The van der Waals surface area contributed by atoms with Crippen LogP contribution in [0.25, 0.3) is 11.0 Å². The topological polar surface area (TPSA) is 103 Å². The van der Waals surface area contributed by atoms with Gasteiger partial charge in [0.2, 0.25) is 0 Å². The maximum atomic E-state index is 12.6. The molecule has 1 amide bonds. The molecule has 2 N–H and O–H groups in total. The van der Waals surface area contributed by atoms with Gasteiger partial charge in [-0.15, -0.1) is 0 Å². The molecule has 10 heteroatoms. The first kappa shape index (κ1) is 23.6. The predicted octanol–water partition coefficient (Wildman–Crippen LogP) is 3.60. The first-order valence-corrected chi connectivity index (χ1v) is 11.5. The van der Waals surface area contributed by atoms with Crippen molar-refractivity contribution in [3.63, 3.8) is 0 Å². The minimum absolute atomic E-state index is 0.196. The molecule has 1 aromatic carbocycles. The van der Waals surface area contributed by atoms with Gasteiger partial charge in [0.15, 0.2) is 22.3 Å². The third-order valence-electron chi connectivity index (χ3n) is 4.61. The molecule has 0 bridgehead atoms. The van der Waals surface area contributed by atoms with Crippen LogP contribution in [0.1, 0.15) is 37.6 Å². The molecular formula is C22H30N6O3S. The van der Waals surface area contributed by atoms with E-state index in [4.69, 9.17) is 14.5 Å². The third kappa shape index (κ3) is 5.61. The number of methoxy groups -OCH3 is 2. The summed E-state index contributed by atoms with van der Waals surface area (Å²) in [5.41, 5.74) is 1.25. The number of hydrogen-bond acceptors (Lipinski definition) is 8. The van der Waals surface area contributed by atoms with Crippen molar-refractivity contribution in [3.8, 4) is 11.5 Å². The van der Waals surface area contributed by atoms with Gasteiger partial charge in [0.25, 0.3) is 5.91 Å². The molecule has 0 saturated carbocycles. The summed E-state index contributed by atoms with van der Waals surface area (Å²) in [5, 5.41) is 12.7. The lowest BCUT2D eigenvalue weighted by Gasteiger charge is -2.11. The Bertz CT molecular complexity index is 1070. The van der Waals surface area contributed by atoms with Crippen LogP contribution in [0.5, 0.6) is 11.5 Å². The smallest absolute Gasteiger partial charge is 0.251 e. The van der Waals surface area contributed by atoms with Crippen LogP contribution in [0.2, 0.25) is 0 Å². The molecule has 172 valence electrons. The molecule has 0 aliphatic carbocycles. The summed E-state index contributed by atoms with van der Waals surface area (Å²) in [6.45, 7) is 8.04. The van der Waals surface area contributed by atoms with Gasteiger partial charge < -0.3 is 20.1 Å². The van der Waals surface area contributed by atoms with Crippen LogP contribution in [0.3, 0.4) is 0 Å². The Kier molecular flexibility index (Phi) is 8.15. The van der Waals surface area contributed by atoms with E-state index < -0.39 is 0 Å². The molecule has 0 unspecified atom stereocenters. The molecular weight excluding hydrogens is 428 g/mol.